The highest BCUT2D eigenvalue weighted by Crippen LogP contribution is 2.50. The number of anilines is 1. The second-order valence-corrected chi connectivity index (χ2v) is 9.69. The number of hydrogen-bond acceptors (Lipinski definition) is 3. The molecule has 3 aliphatic rings. The van der Waals surface area contributed by atoms with Crippen LogP contribution in [0.2, 0.25) is 0 Å². The summed E-state index contributed by atoms with van der Waals surface area (Å²) in [4.78, 5) is 31.9. The van der Waals surface area contributed by atoms with Crippen LogP contribution in [0.25, 0.3) is 0 Å². The second kappa shape index (κ2) is 8.33. The Kier molecular flexibility index (Phi) is 5.29. The lowest BCUT2D eigenvalue weighted by Gasteiger charge is -2.41. The Bertz CT molecular complexity index is 1410. The molecule has 0 saturated carbocycles. The van der Waals surface area contributed by atoms with E-state index in [-0.39, 0.29) is 37.5 Å². The maximum atomic E-state index is 14.0. The molecular formula is C28H23F4N3O2. The van der Waals surface area contributed by atoms with Crippen LogP contribution in [-0.2, 0) is 5.66 Å². The summed E-state index contributed by atoms with van der Waals surface area (Å²) in [5.41, 5.74) is 0.937. The number of rotatable bonds is 3. The zero-order valence-corrected chi connectivity index (χ0v) is 19.8. The lowest BCUT2D eigenvalue weighted by molar-refractivity contribution is -0.0117. The Hall–Kier alpha value is -3.88. The molecule has 3 aliphatic heterocycles. The van der Waals surface area contributed by atoms with Crippen molar-refractivity contribution in [3.05, 3.63) is 101 Å². The van der Waals surface area contributed by atoms with Crippen molar-refractivity contribution in [3.63, 3.8) is 0 Å². The van der Waals surface area contributed by atoms with Crippen molar-refractivity contribution in [1.29, 1.82) is 0 Å². The summed E-state index contributed by atoms with van der Waals surface area (Å²) in [7, 11) is 0. The van der Waals surface area contributed by atoms with E-state index in [1.54, 1.807) is 58.3 Å². The molecule has 0 aromatic heterocycles. The standard InChI is InChI=1S/C28H23F4N3O2/c29-23-11-6-18(16-24(23)30)25(36)34-14-15-35-26(37)21-4-1-2-5-22(21)28(34,35)19-7-9-20(10-8-19)33-13-3-12-27(31,32)17-33/h1-2,4-11,16H,3,12-15,17H2/t28-/m0/s1. The highest BCUT2D eigenvalue weighted by atomic mass is 19.3. The van der Waals surface area contributed by atoms with Gasteiger partial charge in [-0.15, -0.1) is 0 Å². The van der Waals surface area contributed by atoms with Crippen LogP contribution < -0.4 is 4.90 Å². The SMILES string of the molecule is O=C(c1ccc(F)c(F)c1)N1CCN2C(=O)c3ccccc3[C@@]12c1ccc(N2CCCC(F)(F)C2)cc1. The smallest absolute Gasteiger partial charge is 0.265 e. The third-order valence-electron chi connectivity index (χ3n) is 7.55. The molecule has 2 fully saturated rings. The maximum absolute atomic E-state index is 14.0. The first-order chi connectivity index (χ1) is 17.7. The van der Waals surface area contributed by atoms with Crippen LogP contribution in [0.5, 0.6) is 0 Å². The summed E-state index contributed by atoms with van der Waals surface area (Å²) in [6.45, 7) is 0.557. The minimum absolute atomic E-state index is 0.0378. The van der Waals surface area contributed by atoms with E-state index >= 15 is 0 Å². The Morgan fingerprint density at radius 3 is 2.35 bits per heavy atom. The summed E-state index contributed by atoms with van der Waals surface area (Å²) in [6, 6.07) is 16.9. The first kappa shape index (κ1) is 23.5. The summed E-state index contributed by atoms with van der Waals surface area (Å²) in [6.07, 6.45) is 0.241. The van der Waals surface area contributed by atoms with Gasteiger partial charge in [0, 0.05) is 54.0 Å². The zero-order valence-electron chi connectivity index (χ0n) is 19.8. The van der Waals surface area contributed by atoms with Crippen LogP contribution in [0.3, 0.4) is 0 Å². The number of fused-ring (bicyclic) bond motifs is 3. The molecule has 0 spiro atoms. The molecule has 9 heteroatoms. The van der Waals surface area contributed by atoms with Gasteiger partial charge in [-0.25, -0.2) is 17.6 Å². The van der Waals surface area contributed by atoms with Gasteiger partial charge in [-0.05, 0) is 42.8 Å². The summed E-state index contributed by atoms with van der Waals surface area (Å²) in [5, 5.41) is 0. The fraction of sp³-hybridized carbons (Fsp3) is 0.286. The molecule has 2 saturated heterocycles. The highest BCUT2D eigenvalue weighted by Gasteiger charge is 2.59. The predicted molar refractivity (Wildman–Crippen MR) is 128 cm³/mol. The van der Waals surface area contributed by atoms with E-state index in [4.69, 9.17) is 0 Å². The molecule has 0 N–H and O–H groups in total. The van der Waals surface area contributed by atoms with E-state index in [1.165, 1.54) is 11.0 Å². The first-order valence-electron chi connectivity index (χ1n) is 12.1. The Balaban J connectivity index is 1.46. The van der Waals surface area contributed by atoms with Crippen LogP contribution >= 0.6 is 0 Å². The van der Waals surface area contributed by atoms with Crippen molar-refractivity contribution in [3.8, 4) is 0 Å². The number of carbonyl (C=O) groups is 2. The van der Waals surface area contributed by atoms with Gasteiger partial charge in [0.15, 0.2) is 17.3 Å². The summed E-state index contributed by atoms with van der Waals surface area (Å²) < 4.78 is 55.6. The van der Waals surface area contributed by atoms with E-state index in [9.17, 15) is 27.2 Å². The molecule has 1 atom stereocenters. The van der Waals surface area contributed by atoms with Gasteiger partial charge in [0.05, 0.1) is 6.54 Å². The molecule has 0 aliphatic carbocycles. The Morgan fingerprint density at radius 1 is 0.865 bits per heavy atom. The Morgan fingerprint density at radius 2 is 1.62 bits per heavy atom. The average Bonchev–Trinajstić information content (AvgIpc) is 3.40. The highest BCUT2D eigenvalue weighted by molar-refractivity contribution is 6.03. The van der Waals surface area contributed by atoms with Crippen molar-refractivity contribution in [2.75, 3.05) is 31.1 Å². The van der Waals surface area contributed by atoms with Crippen LogP contribution in [-0.4, -0.2) is 53.7 Å². The number of piperidine rings is 1. The number of benzene rings is 3. The third kappa shape index (κ3) is 3.51. The van der Waals surface area contributed by atoms with E-state index in [2.05, 4.69) is 0 Å². The van der Waals surface area contributed by atoms with Crippen molar-refractivity contribution in [2.24, 2.45) is 0 Å². The van der Waals surface area contributed by atoms with Crippen molar-refractivity contribution < 1.29 is 27.2 Å². The van der Waals surface area contributed by atoms with Crippen LogP contribution in [0.15, 0.2) is 66.7 Å². The zero-order chi connectivity index (χ0) is 25.9. The van der Waals surface area contributed by atoms with Crippen LogP contribution in [0.4, 0.5) is 23.2 Å². The van der Waals surface area contributed by atoms with Gasteiger partial charge in [-0.3, -0.25) is 9.59 Å². The number of hydrogen-bond donors (Lipinski definition) is 0. The lowest BCUT2D eigenvalue weighted by atomic mass is 9.89. The normalized spacial score (nSPS) is 22.3. The predicted octanol–water partition coefficient (Wildman–Crippen LogP) is 5.01. The van der Waals surface area contributed by atoms with Crippen LogP contribution in [0.1, 0.15) is 44.7 Å². The topological polar surface area (TPSA) is 43.9 Å². The third-order valence-corrected chi connectivity index (χ3v) is 7.55. The molecule has 5 nitrogen and oxygen atoms in total. The fourth-order valence-electron chi connectivity index (χ4n) is 5.92. The molecule has 37 heavy (non-hydrogen) atoms. The molecule has 190 valence electrons. The minimum atomic E-state index is -2.76. The molecule has 0 unspecified atom stereocenters. The number of carbonyl (C=O) groups excluding carboxylic acids is 2. The number of nitrogens with zero attached hydrogens (tertiary/aromatic N) is 3. The molecule has 3 aromatic rings. The monoisotopic (exact) mass is 509 g/mol. The minimum Gasteiger partial charge on any atom is -0.365 e. The van der Waals surface area contributed by atoms with Crippen molar-refractivity contribution in [2.45, 2.75) is 24.4 Å². The average molecular weight is 510 g/mol. The van der Waals surface area contributed by atoms with Crippen LogP contribution in [0, 0.1) is 11.6 Å². The van der Waals surface area contributed by atoms with Crippen molar-refractivity contribution >= 4 is 17.5 Å². The summed E-state index contributed by atoms with van der Waals surface area (Å²) >= 11 is 0. The molecule has 0 bridgehead atoms. The largest absolute Gasteiger partial charge is 0.365 e. The van der Waals surface area contributed by atoms with Gasteiger partial charge in [-0.1, -0.05) is 30.3 Å². The van der Waals surface area contributed by atoms with Gasteiger partial charge in [0.1, 0.15) is 0 Å². The second-order valence-electron chi connectivity index (χ2n) is 9.69. The van der Waals surface area contributed by atoms with E-state index in [0.29, 0.717) is 35.3 Å². The molecule has 2 amide bonds. The molecule has 0 radical (unpaired) electrons. The van der Waals surface area contributed by atoms with Crippen molar-refractivity contribution in [1.82, 2.24) is 9.80 Å². The lowest BCUT2D eigenvalue weighted by Crippen LogP contribution is -2.51. The van der Waals surface area contributed by atoms with E-state index < -0.39 is 29.1 Å². The van der Waals surface area contributed by atoms with E-state index in [0.717, 1.165) is 12.1 Å². The number of alkyl halides is 2. The van der Waals surface area contributed by atoms with Gasteiger partial charge < -0.3 is 14.7 Å². The fourth-order valence-corrected chi connectivity index (χ4v) is 5.92. The summed E-state index contributed by atoms with van der Waals surface area (Å²) in [5.74, 6) is -5.75. The number of halogens is 4. The quantitative estimate of drug-likeness (QED) is 0.466. The molecule has 3 heterocycles. The van der Waals surface area contributed by atoms with E-state index in [1.807, 2.05) is 0 Å². The molecule has 6 rings (SSSR count). The molecule has 3 aromatic carbocycles. The van der Waals surface area contributed by atoms with Gasteiger partial charge >= 0.3 is 0 Å². The van der Waals surface area contributed by atoms with Gasteiger partial charge in [0.25, 0.3) is 17.7 Å². The first-order valence-corrected chi connectivity index (χ1v) is 12.1. The van der Waals surface area contributed by atoms with Gasteiger partial charge in [-0.2, -0.15) is 0 Å². The molecular weight excluding hydrogens is 486 g/mol. The van der Waals surface area contributed by atoms with Gasteiger partial charge in [0.2, 0.25) is 0 Å². The number of amides is 2. The Labute approximate surface area is 210 Å². The maximum Gasteiger partial charge on any atom is 0.265 e.